The first-order chi connectivity index (χ1) is 34.2. The summed E-state index contributed by atoms with van der Waals surface area (Å²) < 4.78 is 5.17. The Morgan fingerprint density at radius 1 is 0.685 bits per heavy atom. The molecule has 2 atom stereocenters. The van der Waals surface area contributed by atoms with Crippen molar-refractivity contribution >= 4 is 100 Å². The molecule has 0 radical (unpaired) electrons. The number of likely N-dealkylation sites (tertiary alicyclic amines) is 2. The number of alkyl halides is 1. The fourth-order valence-corrected chi connectivity index (χ4v) is 10.3. The van der Waals surface area contributed by atoms with E-state index >= 15 is 0 Å². The van der Waals surface area contributed by atoms with Crippen LogP contribution in [-0.4, -0.2) is 86.6 Å². The summed E-state index contributed by atoms with van der Waals surface area (Å²) in [5.41, 5.74) is 13.0. The molecule has 4 heterocycles. The van der Waals surface area contributed by atoms with E-state index in [4.69, 9.17) is 5.73 Å². The molecule has 2 aliphatic carbocycles. The molecule has 9 rings (SSSR count). The number of anilines is 1. The molecule has 2 saturated carbocycles. The van der Waals surface area contributed by atoms with Crippen LogP contribution in [0.25, 0.3) is 5.69 Å². The monoisotopic (exact) mass is 1360 g/mol. The number of hydrogen-bond donors (Lipinski definition) is 4. The molecular weight excluding hydrogens is 1280 g/mol. The van der Waals surface area contributed by atoms with Gasteiger partial charge in [-0.1, -0.05) is 107 Å². The van der Waals surface area contributed by atoms with Crippen LogP contribution in [0.15, 0.2) is 89.5 Å². The number of amides is 2. The third-order valence-electron chi connectivity index (χ3n) is 12.7. The Hall–Kier alpha value is -2.17. The summed E-state index contributed by atoms with van der Waals surface area (Å²) in [6.07, 6.45) is 12.8. The quantitative estimate of drug-likeness (QED) is 0.0681. The molecule has 12 nitrogen and oxygen atoms in total. The molecule has 2 aliphatic heterocycles. The molecule has 0 spiro atoms. The first-order valence-corrected chi connectivity index (χ1v) is 29.4. The van der Waals surface area contributed by atoms with Crippen LogP contribution >= 0.6 is 77.0 Å². The van der Waals surface area contributed by atoms with Gasteiger partial charge in [-0.2, -0.15) is 10.2 Å². The molecule has 2 saturated heterocycles. The number of likely N-dealkylation sites (N-methyl/N-ethyl adjacent to an activating group) is 2. The van der Waals surface area contributed by atoms with Gasteiger partial charge in [0.05, 0.1) is 11.4 Å². The fraction of sp³-hybridized carbons (Fsp3) is 0.518. The van der Waals surface area contributed by atoms with Gasteiger partial charge in [0.1, 0.15) is 16.2 Å². The van der Waals surface area contributed by atoms with Gasteiger partial charge in [0.15, 0.2) is 0 Å². The van der Waals surface area contributed by atoms with E-state index in [2.05, 4.69) is 207 Å². The van der Waals surface area contributed by atoms with Crippen molar-refractivity contribution in [3.8, 4) is 5.69 Å². The van der Waals surface area contributed by atoms with Gasteiger partial charge in [0.25, 0.3) is 0 Å². The number of nitrogens with one attached hydrogen (secondary N) is 3. The Labute approximate surface area is 504 Å². The number of nitrogens with zero attached hydrogens (tertiary/aromatic N) is 5. The van der Waals surface area contributed by atoms with Gasteiger partial charge >= 0.3 is 29.6 Å². The molecule has 2 amide bonds. The Morgan fingerprint density at radius 3 is 1.53 bits per heavy atom. The average Bonchev–Trinajstić information content (AvgIpc) is 4.23. The molecule has 2 aromatic heterocycles. The van der Waals surface area contributed by atoms with Crippen molar-refractivity contribution in [2.75, 3.05) is 32.9 Å². The van der Waals surface area contributed by atoms with E-state index in [1.807, 2.05) is 46.2 Å². The normalized spacial score (nSPS) is 17.3. The maximum Gasteiger partial charge on any atom is 1.00 e. The van der Waals surface area contributed by atoms with Crippen LogP contribution in [0.4, 0.5) is 5.82 Å². The summed E-state index contributed by atoms with van der Waals surface area (Å²) in [6.45, 7) is 16.0. The first-order valence-electron chi connectivity index (χ1n) is 25.3. The second kappa shape index (κ2) is 33.2. The van der Waals surface area contributed by atoms with Crippen LogP contribution in [0.2, 0.25) is 0 Å². The molecule has 4 fully saturated rings. The number of hydrogen-bond acceptors (Lipinski definition) is 8. The van der Waals surface area contributed by atoms with Crippen molar-refractivity contribution in [3.05, 3.63) is 125 Å². The van der Waals surface area contributed by atoms with E-state index in [1.54, 1.807) is 4.68 Å². The minimum Gasteiger partial charge on any atom is -1.00 e. The van der Waals surface area contributed by atoms with E-state index in [-0.39, 0.29) is 47.7 Å². The summed E-state index contributed by atoms with van der Waals surface area (Å²) in [5.74, 6) is 1.62. The Morgan fingerprint density at radius 2 is 1.18 bits per heavy atom. The van der Waals surface area contributed by atoms with E-state index in [1.165, 1.54) is 44.0 Å². The maximum atomic E-state index is 11.8. The number of H-pyrrole nitrogens is 1. The third-order valence-corrected chi connectivity index (χ3v) is 15.1. The Bertz CT molecular complexity index is 2440. The van der Waals surface area contributed by atoms with Crippen molar-refractivity contribution in [1.29, 1.82) is 0 Å². The van der Waals surface area contributed by atoms with Crippen LogP contribution in [-0.2, 0) is 43.6 Å². The number of benzene rings is 3. The molecule has 4 aliphatic rings. The van der Waals surface area contributed by atoms with E-state index in [0.29, 0.717) is 42.6 Å². The van der Waals surface area contributed by atoms with Gasteiger partial charge < -0.3 is 27.6 Å². The molecule has 0 bridgehead atoms. The van der Waals surface area contributed by atoms with Gasteiger partial charge in [-0.3, -0.25) is 19.5 Å². The molecule has 396 valence electrons. The Kier molecular flexibility index (Phi) is 29.6. The number of nitrogen functional groups attached to an aromatic ring is 1. The molecule has 0 unspecified atom stereocenters. The number of Topliss-reactive ketones (excluding diaryl/α,β-unsaturated/α-hetero) is 1. The van der Waals surface area contributed by atoms with Crippen molar-refractivity contribution in [3.63, 3.8) is 0 Å². The first kappa shape index (κ1) is 65.1. The van der Waals surface area contributed by atoms with Gasteiger partial charge in [0, 0.05) is 99.0 Å². The van der Waals surface area contributed by atoms with Crippen molar-refractivity contribution in [2.45, 2.75) is 160 Å². The van der Waals surface area contributed by atoms with Crippen molar-refractivity contribution in [1.82, 2.24) is 40.4 Å². The standard InChI is InChI=1S/C18H24N4O.C11H12INO.C8H18N2.C7H6BrI.C7H11BrN2.C5H8O.Na.H/c1-18(2,3)15-11-16(19)22(20-15)14-7-4-6-13(10-14)12-21-9-5-8-17(21)23;12-10-4-1-3-9(7-10)8-13-6-2-5-11(13)14;1-9-7-5-3-4-6-8(7)10-2;8-5-6-2-1-3-7(9)4-6;1-7(2,3)5-4-6(8)10-9-5;6-5-3-1-2-4-5;;/h4,6-7,10-11H,5,8-9,12,19H2,1-3H3;1,3-4,7H,2,5-6,8H2;7-10H,3-6H2,1-2H3;1-4H,5H2;4H,1-3H3,(H,9,10);1-4H2;;/q;;;;;;+1;-1/t;;7-,8-;;;;;/m..1...../s1. The predicted octanol–water partition coefficient (Wildman–Crippen LogP) is 9.93. The number of ketones is 1. The number of carbonyl (C=O) groups is 3. The molecular formula is C56H80Br2I2N9NaO3. The van der Waals surface area contributed by atoms with E-state index in [9.17, 15) is 14.4 Å². The Balaban J connectivity index is 0.000000320. The summed E-state index contributed by atoms with van der Waals surface area (Å²) >= 11 is 11.3. The van der Waals surface area contributed by atoms with Crippen LogP contribution in [0.3, 0.4) is 0 Å². The zero-order valence-electron chi connectivity index (χ0n) is 45.8. The predicted molar refractivity (Wildman–Crippen MR) is 321 cm³/mol. The van der Waals surface area contributed by atoms with Crippen LogP contribution in [0.5, 0.6) is 0 Å². The number of halogens is 4. The van der Waals surface area contributed by atoms with Crippen LogP contribution in [0, 0.1) is 7.14 Å². The minimum absolute atomic E-state index is 0. The zero-order valence-corrected chi connectivity index (χ0v) is 54.3. The third kappa shape index (κ3) is 23.5. The summed E-state index contributed by atoms with van der Waals surface area (Å²) in [6, 6.07) is 30.2. The van der Waals surface area contributed by atoms with E-state index in [0.717, 1.165) is 97.2 Å². The smallest absolute Gasteiger partial charge is 1.00 e. The van der Waals surface area contributed by atoms with Crippen molar-refractivity contribution in [2.24, 2.45) is 0 Å². The summed E-state index contributed by atoms with van der Waals surface area (Å²) in [5, 5.41) is 19.2. The molecule has 73 heavy (non-hydrogen) atoms. The number of rotatable bonds is 8. The largest absolute Gasteiger partial charge is 1.00 e. The van der Waals surface area contributed by atoms with Crippen LogP contribution < -0.4 is 45.9 Å². The zero-order chi connectivity index (χ0) is 52.8. The topological polar surface area (TPSA) is 154 Å². The number of aromatic amines is 1. The van der Waals surface area contributed by atoms with Gasteiger partial charge in [-0.15, -0.1) is 0 Å². The SMILES string of the molecule is BrCc1cccc(I)c1.CC(C)(C)c1cc(Br)n[nH]1.CC(C)(C)c1cc(N)n(-c2cccc(CN3CCCC3=O)c2)n1.CN[C@@H]1CCCC[C@H]1NC.O=C1CCCC1.O=C1CCCN1Cc1cccc(I)c1.[H-].[Na+]. The summed E-state index contributed by atoms with van der Waals surface area (Å²) in [4.78, 5) is 37.3. The van der Waals surface area contributed by atoms with Gasteiger partial charge in [-0.25, -0.2) is 4.68 Å². The van der Waals surface area contributed by atoms with Crippen LogP contribution in [0.1, 0.15) is 148 Å². The van der Waals surface area contributed by atoms with Crippen molar-refractivity contribution < 1.29 is 45.4 Å². The molecule has 5 aromatic rings. The number of nitrogens with two attached hydrogens (primary N) is 1. The molecule has 17 heteroatoms. The average molecular weight is 1360 g/mol. The van der Waals surface area contributed by atoms with E-state index < -0.39 is 0 Å². The van der Waals surface area contributed by atoms with Gasteiger partial charge in [0.2, 0.25) is 11.8 Å². The number of carbonyl (C=O) groups excluding carboxylic acids is 3. The van der Waals surface area contributed by atoms with Gasteiger partial charge in [-0.05, 0) is 173 Å². The maximum absolute atomic E-state index is 11.8. The molecule has 3 aromatic carbocycles. The fourth-order valence-electron chi connectivity index (χ4n) is 8.47. The second-order valence-electron chi connectivity index (χ2n) is 20.7. The summed E-state index contributed by atoms with van der Waals surface area (Å²) in [7, 11) is 4.11. The second-order valence-corrected chi connectivity index (χ2v) is 24.6. The molecule has 5 N–H and O–H groups in total. The minimum atomic E-state index is -0.0427. The number of aromatic nitrogens is 4.